The van der Waals surface area contributed by atoms with Gasteiger partial charge < -0.3 is 19.3 Å². The Labute approximate surface area is 248 Å². The zero-order chi connectivity index (χ0) is 31.0. The van der Waals surface area contributed by atoms with Crippen molar-refractivity contribution in [2.24, 2.45) is 34.5 Å². The fourth-order valence-electron chi connectivity index (χ4n) is 7.84. The summed E-state index contributed by atoms with van der Waals surface area (Å²) in [6.45, 7) is 12.2. The van der Waals surface area contributed by atoms with E-state index >= 15 is 0 Å². The van der Waals surface area contributed by atoms with E-state index in [1.165, 1.54) is 26.0 Å². The van der Waals surface area contributed by atoms with Crippen LogP contribution in [-0.2, 0) is 33.4 Å². The number of carbonyl (C=O) groups is 4. The molecule has 8 heteroatoms. The van der Waals surface area contributed by atoms with Gasteiger partial charge in [-0.25, -0.2) is 4.79 Å². The molecule has 228 valence electrons. The highest BCUT2D eigenvalue weighted by molar-refractivity contribution is 5.96. The number of rotatable bonds is 9. The van der Waals surface area contributed by atoms with Crippen molar-refractivity contribution in [2.45, 2.75) is 85.5 Å². The first kappa shape index (κ1) is 31.7. The molecule has 2 bridgehead atoms. The number of ether oxygens (including phenoxy) is 3. The van der Waals surface area contributed by atoms with Gasteiger partial charge in [0.1, 0.15) is 6.61 Å². The van der Waals surface area contributed by atoms with Crippen LogP contribution in [0.15, 0.2) is 59.8 Å². The molecule has 0 aliphatic heterocycles. The summed E-state index contributed by atoms with van der Waals surface area (Å²) in [4.78, 5) is 52.2. The summed E-state index contributed by atoms with van der Waals surface area (Å²) in [7, 11) is 0. The van der Waals surface area contributed by atoms with E-state index in [9.17, 15) is 24.3 Å². The average molecular weight is 581 g/mol. The Balaban J connectivity index is 1.85. The molecule has 2 fully saturated rings. The second-order valence-corrected chi connectivity index (χ2v) is 12.9. The predicted molar refractivity (Wildman–Crippen MR) is 157 cm³/mol. The Morgan fingerprint density at radius 3 is 2.38 bits per heavy atom. The van der Waals surface area contributed by atoms with E-state index in [1.54, 1.807) is 31.2 Å². The zero-order valence-electron chi connectivity index (χ0n) is 25.7. The maximum Gasteiger partial charge on any atom is 0.331 e. The third-order valence-corrected chi connectivity index (χ3v) is 9.80. The first-order valence-electron chi connectivity index (χ1n) is 14.9. The Morgan fingerprint density at radius 1 is 1.05 bits per heavy atom. The van der Waals surface area contributed by atoms with Gasteiger partial charge in [-0.15, -0.1) is 0 Å². The molecule has 0 unspecified atom stereocenters. The van der Waals surface area contributed by atoms with E-state index in [-0.39, 0.29) is 35.6 Å². The van der Waals surface area contributed by atoms with Crippen LogP contribution in [0, 0.1) is 34.5 Å². The van der Waals surface area contributed by atoms with Gasteiger partial charge in [-0.1, -0.05) is 76.6 Å². The second kappa shape index (κ2) is 11.8. The number of Topliss-reactive ketones (excluding diaryl/α,β-unsaturated/α-hetero) is 1. The number of ketones is 1. The molecule has 2 saturated carbocycles. The van der Waals surface area contributed by atoms with Gasteiger partial charge in [0.15, 0.2) is 23.6 Å². The number of unbranched alkanes of at least 4 members (excludes halogenated alkanes) is 1. The highest BCUT2D eigenvalue weighted by Crippen LogP contribution is 2.72. The van der Waals surface area contributed by atoms with E-state index in [0.717, 1.165) is 12.8 Å². The molecule has 0 aromatic carbocycles. The van der Waals surface area contributed by atoms with Crippen LogP contribution < -0.4 is 0 Å². The summed E-state index contributed by atoms with van der Waals surface area (Å²) in [6.07, 6.45) is 13.6. The van der Waals surface area contributed by atoms with Crippen molar-refractivity contribution in [3.8, 4) is 0 Å². The predicted octanol–water partition coefficient (Wildman–Crippen LogP) is 4.98. The first-order valence-corrected chi connectivity index (χ1v) is 14.9. The highest BCUT2D eigenvalue weighted by Gasteiger charge is 2.77. The maximum atomic E-state index is 14.7. The summed E-state index contributed by atoms with van der Waals surface area (Å²) in [5.74, 6) is -2.89. The third-order valence-electron chi connectivity index (χ3n) is 9.80. The summed E-state index contributed by atoms with van der Waals surface area (Å²) in [6, 6.07) is 0. The summed E-state index contributed by atoms with van der Waals surface area (Å²) in [5.41, 5.74) is -2.97. The first-order chi connectivity index (χ1) is 19.7. The van der Waals surface area contributed by atoms with Gasteiger partial charge in [-0.3, -0.25) is 14.4 Å². The quantitative estimate of drug-likeness (QED) is 0.134. The molecule has 4 rings (SSSR count). The van der Waals surface area contributed by atoms with E-state index in [2.05, 4.69) is 20.8 Å². The molecule has 4 aliphatic rings. The summed E-state index contributed by atoms with van der Waals surface area (Å²) in [5, 5.41) is 12.9. The van der Waals surface area contributed by atoms with E-state index in [0.29, 0.717) is 17.6 Å². The lowest BCUT2D eigenvalue weighted by molar-refractivity contribution is -0.210. The van der Waals surface area contributed by atoms with Crippen LogP contribution in [0.5, 0.6) is 0 Å². The number of carbonyl (C=O) groups excluding carboxylic acids is 4. The highest BCUT2D eigenvalue weighted by atomic mass is 16.6. The van der Waals surface area contributed by atoms with Crippen molar-refractivity contribution < 1.29 is 38.5 Å². The Morgan fingerprint density at radius 2 is 1.74 bits per heavy atom. The van der Waals surface area contributed by atoms with E-state index < -0.39 is 47.0 Å². The molecule has 8 atom stereocenters. The Hall–Kier alpha value is -3.26. The van der Waals surface area contributed by atoms with Crippen molar-refractivity contribution in [1.82, 2.24) is 0 Å². The van der Waals surface area contributed by atoms with Crippen LogP contribution in [0.25, 0.3) is 0 Å². The number of allylic oxidation sites excluding steroid dienone is 6. The smallest absolute Gasteiger partial charge is 0.331 e. The third kappa shape index (κ3) is 5.23. The largest absolute Gasteiger partial charge is 0.461 e. The van der Waals surface area contributed by atoms with Gasteiger partial charge in [0.25, 0.3) is 0 Å². The van der Waals surface area contributed by atoms with Crippen LogP contribution >= 0.6 is 0 Å². The normalized spacial score (nSPS) is 36.5. The molecule has 1 spiro atoms. The molecule has 4 aliphatic carbocycles. The molecule has 0 aromatic heterocycles. The minimum absolute atomic E-state index is 0.00475. The second-order valence-electron chi connectivity index (χ2n) is 12.9. The minimum atomic E-state index is -2.16. The number of esters is 3. The van der Waals surface area contributed by atoms with Crippen LogP contribution in [0.4, 0.5) is 0 Å². The van der Waals surface area contributed by atoms with Crippen molar-refractivity contribution in [1.29, 1.82) is 0 Å². The number of hydrogen-bond donors (Lipinski definition) is 1. The molecular formula is C34H44O8. The van der Waals surface area contributed by atoms with Crippen LogP contribution in [0.1, 0.15) is 67.7 Å². The fourth-order valence-corrected chi connectivity index (χ4v) is 7.84. The van der Waals surface area contributed by atoms with E-state index in [1.807, 2.05) is 19.1 Å². The molecule has 0 saturated heterocycles. The van der Waals surface area contributed by atoms with Crippen molar-refractivity contribution in [3.05, 3.63) is 59.8 Å². The van der Waals surface area contributed by atoms with E-state index in [4.69, 9.17) is 14.2 Å². The van der Waals surface area contributed by atoms with Gasteiger partial charge in [0.05, 0.1) is 5.41 Å². The lowest BCUT2D eigenvalue weighted by Crippen LogP contribution is -2.66. The number of fused-ring (bicyclic) bond motifs is 3. The topological polar surface area (TPSA) is 116 Å². The zero-order valence-corrected chi connectivity index (χ0v) is 25.7. The SMILES string of the molecule is CCC/C=C/C=C/C=C/C(=O)O[C@@H]1C(COC(C)=O)=C[C@@H]2C(=O)[C@]3(C=C(C)[C@H](OC(C)=O)[C@@]13O)[C@H](C)C[C@@H]1[C@H]2C1(C)C. The van der Waals surface area contributed by atoms with Crippen molar-refractivity contribution in [3.63, 3.8) is 0 Å². The summed E-state index contributed by atoms with van der Waals surface area (Å²) >= 11 is 0. The lowest BCUT2D eigenvalue weighted by atomic mass is 9.59. The molecule has 8 nitrogen and oxygen atoms in total. The Kier molecular flexibility index (Phi) is 8.89. The number of aliphatic hydroxyl groups is 1. The molecule has 0 heterocycles. The molecule has 0 aromatic rings. The van der Waals surface area contributed by atoms with Gasteiger partial charge >= 0.3 is 17.9 Å². The standard InChI is InChI=1S/C34H44O8/c1-8-9-10-11-12-13-14-15-27(37)42-31-24(19-40-22(4)35)17-25-28-26(32(28,6)7)16-21(3)33(29(25)38)18-20(2)30(34(31,33)39)41-23(5)36/h10-15,17-18,21,25-26,28,30-31,39H,8-9,16,19H2,1-7H3/b11-10+,13-12+,15-14+/t21-,25+,26-,28+,30+,31-,33+,34-/m1/s1. The average Bonchev–Trinajstić information content (AvgIpc) is 3.40. The van der Waals surface area contributed by atoms with Gasteiger partial charge in [0, 0.05) is 31.4 Å². The van der Waals surface area contributed by atoms with Gasteiger partial charge in [-0.2, -0.15) is 0 Å². The number of hydrogen-bond acceptors (Lipinski definition) is 8. The maximum absolute atomic E-state index is 14.7. The van der Waals surface area contributed by atoms with Crippen molar-refractivity contribution >= 4 is 23.7 Å². The molecule has 0 amide bonds. The Bertz CT molecular complexity index is 1280. The minimum Gasteiger partial charge on any atom is -0.461 e. The van der Waals surface area contributed by atoms with Crippen LogP contribution in [-0.4, -0.2) is 53.2 Å². The molecular weight excluding hydrogens is 536 g/mol. The molecule has 0 radical (unpaired) electrons. The fraction of sp³-hybridized carbons (Fsp3) is 0.588. The lowest BCUT2D eigenvalue weighted by Gasteiger charge is -2.49. The molecule has 42 heavy (non-hydrogen) atoms. The van der Waals surface area contributed by atoms with Gasteiger partial charge in [-0.05, 0) is 48.5 Å². The van der Waals surface area contributed by atoms with Crippen LogP contribution in [0.2, 0.25) is 0 Å². The van der Waals surface area contributed by atoms with Gasteiger partial charge in [0.2, 0.25) is 0 Å². The monoisotopic (exact) mass is 580 g/mol. The van der Waals surface area contributed by atoms with Crippen molar-refractivity contribution in [2.75, 3.05) is 6.61 Å². The van der Waals surface area contributed by atoms with Crippen LogP contribution in [0.3, 0.4) is 0 Å². The summed E-state index contributed by atoms with van der Waals surface area (Å²) < 4.78 is 17.1. The molecule has 1 N–H and O–H groups in total.